The van der Waals surface area contributed by atoms with Gasteiger partial charge in [-0.3, -0.25) is 0 Å². The van der Waals surface area contributed by atoms with Crippen LogP contribution < -0.4 is 51.4 Å². The third-order valence-corrected chi connectivity index (χ3v) is 0. The maximum atomic E-state index is 8.65. The standard InChI is InChI=1S/K.Lu.H2O.O.W.Y.H/h;;1H2;;;;/q+1;;;;+1;;-1/p-1. The zero-order chi connectivity index (χ0) is 2.71. The fourth-order valence-corrected chi connectivity index (χ4v) is 0. The molecule has 0 unspecified atom stereocenters. The molecule has 0 aliphatic heterocycles. The van der Waals surface area contributed by atoms with Crippen molar-refractivity contribution in [2.24, 2.45) is 0 Å². The molecule has 0 aromatic heterocycles. The molecular weight excluding hydrogens is 519 g/mol. The normalized spacial score (nSPS) is 2.17. The Bertz CT molecular complexity index is 25.2. The van der Waals surface area contributed by atoms with E-state index in [1.165, 1.54) is 0 Å². The second-order valence-corrected chi connectivity index (χ2v) is 0.610. The number of hydrogen-bond acceptors (Lipinski definition) is 1. The summed E-state index contributed by atoms with van der Waals surface area (Å²) in [5, 5.41) is 0. The molecule has 39 valence electrons. The summed E-state index contributed by atoms with van der Waals surface area (Å²) >= 11 is -2.00. The van der Waals surface area contributed by atoms with Gasteiger partial charge in [0.1, 0.15) is 0 Å². The molecule has 0 heterocycles. The summed E-state index contributed by atoms with van der Waals surface area (Å²) in [6, 6.07) is 0. The summed E-state index contributed by atoms with van der Waals surface area (Å²) in [6.07, 6.45) is 0. The van der Waals surface area contributed by atoms with Crippen molar-refractivity contribution < 1.29 is 148 Å². The van der Waals surface area contributed by atoms with Crippen molar-refractivity contribution in [3.05, 3.63) is 0 Å². The summed E-state index contributed by atoms with van der Waals surface area (Å²) in [5.74, 6) is 0. The van der Waals surface area contributed by atoms with Gasteiger partial charge in [-0.1, -0.05) is 0 Å². The van der Waals surface area contributed by atoms with E-state index in [1.807, 2.05) is 0 Å². The first kappa shape index (κ1) is 22.4. The Labute approximate surface area is 144 Å². The Kier molecular flexibility index (Phi) is 85.0. The van der Waals surface area contributed by atoms with Gasteiger partial charge in [-0.25, -0.2) is 0 Å². The Morgan fingerprint density at radius 1 is 1.67 bits per heavy atom. The molecule has 6 heteroatoms. The van der Waals surface area contributed by atoms with E-state index in [0.717, 1.165) is 0 Å². The van der Waals surface area contributed by atoms with Gasteiger partial charge in [0.05, 0.1) is 0 Å². The number of hydrogen-bond donors (Lipinski definition) is 1. The van der Waals surface area contributed by atoms with Gasteiger partial charge in [0.15, 0.2) is 0 Å². The maximum absolute atomic E-state index is 8.65. The van der Waals surface area contributed by atoms with E-state index in [4.69, 9.17) is 7.16 Å². The van der Waals surface area contributed by atoms with Crippen LogP contribution in [0.3, 0.4) is 0 Å². The summed E-state index contributed by atoms with van der Waals surface area (Å²) in [4.78, 5) is 0. The predicted molar refractivity (Wildman–Crippen MR) is 4.02 cm³/mol. The third-order valence-electron chi connectivity index (χ3n) is 0. The molecule has 2 radical (unpaired) electrons. The predicted octanol–water partition coefficient (Wildman–Crippen LogP) is -3.56. The average Bonchev–Trinajstić information content (AvgIpc) is 0.918. The molecule has 2 nitrogen and oxygen atoms in total. The molecule has 0 aliphatic carbocycles. The molecule has 0 aliphatic rings. The molecule has 6 heavy (non-hydrogen) atoms. The summed E-state index contributed by atoms with van der Waals surface area (Å²) in [5.41, 5.74) is 0. The van der Waals surface area contributed by atoms with Crippen LogP contribution in [0.15, 0.2) is 0 Å². The summed E-state index contributed by atoms with van der Waals surface area (Å²) < 4.78 is 15.8. The first-order chi connectivity index (χ1) is 1.41. The minimum absolute atomic E-state index is 0. The minimum atomic E-state index is -2.00. The Morgan fingerprint density at radius 2 is 1.67 bits per heavy atom. The maximum Gasteiger partial charge on any atom is 0 e. The van der Waals surface area contributed by atoms with Crippen molar-refractivity contribution in [1.82, 2.24) is 0 Å². The van der Waals surface area contributed by atoms with Crippen molar-refractivity contribution in [2.75, 3.05) is 0 Å². The topological polar surface area (TPSA) is 37.3 Å². The van der Waals surface area contributed by atoms with Gasteiger partial charge in [0.2, 0.25) is 0 Å². The van der Waals surface area contributed by atoms with Crippen molar-refractivity contribution >= 4 is 0 Å². The zero-order valence-electron chi connectivity index (χ0n) is 4.10. The van der Waals surface area contributed by atoms with E-state index in [0.29, 0.717) is 0 Å². The van der Waals surface area contributed by atoms with Crippen LogP contribution in [-0.2, 0) is 55.0 Å². The van der Waals surface area contributed by atoms with E-state index in [2.05, 4.69) is 0 Å². The first-order valence-corrected chi connectivity index (χ1v) is 2.86. The van der Waals surface area contributed by atoms with Crippen LogP contribution in [0.25, 0.3) is 0 Å². The van der Waals surface area contributed by atoms with E-state index in [-0.39, 0.29) is 122 Å². The Hall–Kier alpha value is 4.42. The zero-order valence-corrected chi connectivity index (χ0v) is 13.7. The van der Waals surface area contributed by atoms with Gasteiger partial charge in [-0.15, -0.1) is 0 Å². The van der Waals surface area contributed by atoms with E-state index in [1.54, 1.807) is 0 Å². The molecule has 0 aromatic carbocycles. The van der Waals surface area contributed by atoms with Crippen LogP contribution in [0.2, 0.25) is 0 Å². The molecule has 0 bridgehead atoms. The van der Waals surface area contributed by atoms with E-state index in [9.17, 15) is 0 Å². The van der Waals surface area contributed by atoms with Crippen molar-refractivity contribution in [2.45, 2.75) is 0 Å². The molecule has 0 fully saturated rings. The van der Waals surface area contributed by atoms with Crippen molar-refractivity contribution in [1.29, 1.82) is 0 Å². The fourth-order valence-electron chi connectivity index (χ4n) is 0. The molecule has 1 N–H and O–H groups in total. The number of rotatable bonds is 0. The van der Waals surface area contributed by atoms with Gasteiger partial charge in [0, 0.05) is 69.6 Å². The third kappa shape index (κ3) is 23.7. The van der Waals surface area contributed by atoms with Crippen LogP contribution in [0.4, 0.5) is 0 Å². The molecule has 0 amide bonds. The van der Waals surface area contributed by atoms with Crippen LogP contribution in [-0.4, -0.2) is 3.76 Å². The van der Waals surface area contributed by atoms with Crippen LogP contribution in [0.5, 0.6) is 0 Å². The molecule has 0 saturated heterocycles. The van der Waals surface area contributed by atoms with Gasteiger partial charge < -0.3 is 1.43 Å². The van der Waals surface area contributed by atoms with Gasteiger partial charge in [0.25, 0.3) is 0 Å². The molecule has 0 aromatic rings. The van der Waals surface area contributed by atoms with Gasteiger partial charge >= 0.3 is 77.4 Å². The van der Waals surface area contributed by atoms with Crippen LogP contribution >= 0.6 is 0 Å². The van der Waals surface area contributed by atoms with Crippen molar-refractivity contribution in [3.8, 4) is 0 Å². The molecule has 0 saturated carbocycles. The average molecular weight is 521 g/mol. The smallest absolute Gasteiger partial charge is 0 e. The molecule has 0 spiro atoms. The van der Waals surface area contributed by atoms with Crippen molar-refractivity contribution in [3.63, 3.8) is 0 Å². The fraction of sp³-hybridized carbons (Fsp3) is 0. The van der Waals surface area contributed by atoms with E-state index >= 15 is 0 Å². The Balaban J connectivity index is -0.00000000333. The molecule has 0 atom stereocenters. The summed E-state index contributed by atoms with van der Waals surface area (Å²) in [7, 11) is 0. The SMILES string of the molecule is [H-].[K+].[Lu].[O]=[W][OH].[Y]. The van der Waals surface area contributed by atoms with Gasteiger partial charge in [-0.2, -0.15) is 0 Å². The van der Waals surface area contributed by atoms with Crippen LogP contribution in [0.1, 0.15) is 1.43 Å². The van der Waals surface area contributed by atoms with E-state index < -0.39 is 18.9 Å². The monoisotopic (exact) mass is 521 g/mol. The minimum Gasteiger partial charge on any atom is 0 e. The Morgan fingerprint density at radius 3 is 1.67 bits per heavy atom. The van der Waals surface area contributed by atoms with Gasteiger partial charge in [-0.05, 0) is 0 Å². The second kappa shape index (κ2) is 22.7. The molecule has 0 rings (SSSR count). The van der Waals surface area contributed by atoms with Crippen LogP contribution in [0, 0.1) is 36.9 Å². The molecular formula is H2KLuO2WY. The quantitative estimate of drug-likeness (QED) is 0.336. The second-order valence-electron chi connectivity index (χ2n) is 0.0745. The summed E-state index contributed by atoms with van der Waals surface area (Å²) in [6.45, 7) is 0. The first-order valence-electron chi connectivity index (χ1n) is 0.349. The largest absolute Gasteiger partial charge is 0 e.